The number of nitrogens with one attached hydrogen (secondary N) is 2. The van der Waals surface area contributed by atoms with E-state index in [-0.39, 0.29) is 17.8 Å². The molecule has 3 N–H and O–H groups in total. The monoisotopic (exact) mass is 479 g/mol. The fourth-order valence-corrected chi connectivity index (χ4v) is 5.80. The van der Waals surface area contributed by atoms with Crippen LogP contribution in [-0.2, 0) is 6.54 Å². The van der Waals surface area contributed by atoms with Crippen LogP contribution in [0.25, 0.3) is 5.57 Å². The van der Waals surface area contributed by atoms with Crippen molar-refractivity contribution in [2.45, 2.75) is 104 Å². The van der Waals surface area contributed by atoms with Crippen molar-refractivity contribution in [3.63, 3.8) is 0 Å². The molecule has 4 rings (SSSR count). The molecular weight excluding hydrogens is 434 g/mol. The molecule has 1 aromatic rings. The summed E-state index contributed by atoms with van der Waals surface area (Å²) in [6, 6.07) is 9.76. The Kier molecular flexibility index (Phi) is 8.23. The topological polar surface area (TPSA) is 63.1 Å². The number of rotatable bonds is 9. The maximum atomic E-state index is 10.1. The summed E-state index contributed by atoms with van der Waals surface area (Å²) in [4.78, 5) is 9.88. The Morgan fingerprint density at radius 3 is 2.43 bits per heavy atom. The van der Waals surface area contributed by atoms with Gasteiger partial charge in [0.1, 0.15) is 5.66 Å². The standard InChI is InChI=1S/C29H45N5O/c1-6-9-21(4)31-28-30-18-27-26(23-12-10-22(11-13-23)19-33(7-2)8-3)20-34(29(27,5)32-28)24-14-16-25(35)17-15-24/h10-13,18,20-21,24-25,35H,6-9,14-17,19H2,1-5H3,(H2,30,31,32). The number of guanidine groups is 1. The van der Waals surface area contributed by atoms with Crippen molar-refractivity contribution < 1.29 is 5.11 Å². The Morgan fingerprint density at radius 2 is 1.80 bits per heavy atom. The summed E-state index contributed by atoms with van der Waals surface area (Å²) in [5, 5.41) is 17.3. The Bertz CT molecular complexity index is 940. The van der Waals surface area contributed by atoms with Crippen LogP contribution in [-0.4, -0.2) is 57.8 Å². The van der Waals surface area contributed by atoms with Gasteiger partial charge >= 0.3 is 0 Å². The zero-order valence-electron chi connectivity index (χ0n) is 22.3. The number of aliphatic hydroxyl groups excluding tert-OH is 1. The van der Waals surface area contributed by atoms with E-state index in [4.69, 9.17) is 4.99 Å². The lowest BCUT2D eigenvalue weighted by Crippen LogP contribution is -2.63. The van der Waals surface area contributed by atoms with Gasteiger partial charge in [-0.2, -0.15) is 0 Å². The van der Waals surface area contributed by atoms with Crippen LogP contribution in [0.4, 0.5) is 0 Å². The number of aliphatic hydroxyl groups is 1. The van der Waals surface area contributed by atoms with E-state index in [1.807, 2.05) is 0 Å². The summed E-state index contributed by atoms with van der Waals surface area (Å²) in [6.45, 7) is 14.2. The summed E-state index contributed by atoms with van der Waals surface area (Å²) in [5.41, 5.74) is 4.74. The number of hydrogen-bond acceptors (Lipinski definition) is 4. The maximum Gasteiger partial charge on any atom is 0.197 e. The minimum Gasteiger partial charge on any atom is -0.393 e. The van der Waals surface area contributed by atoms with Crippen molar-refractivity contribution in [1.82, 2.24) is 20.4 Å². The third kappa shape index (κ3) is 5.59. The van der Waals surface area contributed by atoms with Gasteiger partial charge in [0, 0.05) is 36.1 Å². The van der Waals surface area contributed by atoms with E-state index >= 15 is 0 Å². The molecule has 1 saturated carbocycles. The van der Waals surface area contributed by atoms with Crippen molar-refractivity contribution in [3.8, 4) is 0 Å². The lowest BCUT2D eigenvalue weighted by molar-refractivity contribution is 0.0589. The zero-order valence-corrected chi connectivity index (χ0v) is 22.3. The van der Waals surface area contributed by atoms with Crippen LogP contribution in [0.1, 0.15) is 84.3 Å². The highest BCUT2D eigenvalue weighted by atomic mass is 16.3. The Morgan fingerprint density at radius 1 is 1.11 bits per heavy atom. The number of aliphatic imine (C=N–C) groups is 1. The molecule has 0 aromatic heterocycles. The van der Waals surface area contributed by atoms with Gasteiger partial charge in [-0.25, -0.2) is 4.99 Å². The summed E-state index contributed by atoms with van der Waals surface area (Å²) in [6.07, 6.45) is 10.3. The SMILES string of the molecule is CCCC(C)N=C1NC=C2C(c3ccc(CN(CC)CC)cc3)=CN(C3CCC(O)CC3)C2(C)N1. The molecule has 2 aliphatic heterocycles. The Labute approximate surface area is 212 Å². The highest BCUT2D eigenvalue weighted by Crippen LogP contribution is 2.44. The average Bonchev–Trinajstić information content (AvgIpc) is 3.15. The van der Waals surface area contributed by atoms with Crippen LogP contribution in [0.2, 0.25) is 0 Å². The van der Waals surface area contributed by atoms with Crippen molar-refractivity contribution in [3.05, 3.63) is 53.4 Å². The summed E-state index contributed by atoms with van der Waals surface area (Å²) < 4.78 is 0. The van der Waals surface area contributed by atoms with Crippen LogP contribution >= 0.6 is 0 Å². The highest BCUT2D eigenvalue weighted by Gasteiger charge is 2.47. The van der Waals surface area contributed by atoms with E-state index in [9.17, 15) is 5.11 Å². The fraction of sp³-hybridized carbons (Fsp3) is 0.621. The number of fused-ring (bicyclic) bond motifs is 1. The molecule has 2 unspecified atom stereocenters. The van der Waals surface area contributed by atoms with E-state index in [2.05, 4.69) is 91.7 Å². The summed E-state index contributed by atoms with van der Waals surface area (Å²) >= 11 is 0. The largest absolute Gasteiger partial charge is 0.393 e. The molecule has 6 heteroatoms. The van der Waals surface area contributed by atoms with Gasteiger partial charge in [0.25, 0.3) is 0 Å². The van der Waals surface area contributed by atoms with E-state index < -0.39 is 0 Å². The van der Waals surface area contributed by atoms with Gasteiger partial charge in [-0.05, 0) is 70.2 Å². The third-order valence-electron chi connectivity index (χ3n) is 8.00. The van der Waals surface area contributed by atoms with Gasteiger partial charge in [-0.3, -0.25) is 4.90 Å². The minimum atomic E-state index is -0.363. The first kappa shape index (κ1) is 25.8. The highest BCUT2D eigenvalue weighted by molar-refractivity contribution is 5.91. The Balaban J connectivity index is 1.64. The van der Waals surface area contributed by atoms with E-state index in [1.165, 1.54) is 22.3 Å². The molecule has 0 spiro atoms. The predicted molar refractivity (Wildman–Crippen MR) is 146 cm³/mol. The molecule has 0 amide bonds. The molecule has 1 aliphatic carbocycles. The van der Waals surface area contributed by atoms with Gasteiger partial charge in [0.2, 0.25) is 0 Å². The van der Waals surface area contributed by atoms with Crippen LogP contribution in [0.3, 0.4) is 0 Å². The molecule has 2 atom stereocenters. The number of hydrogen-bond donors (Lipinski definition) is 3. The van der Waals surface area contributed by atoms with Crippen molar-refractivity contribution in [1.29, 1.82) is 0 Å². The van der Waals surface area contributed by atoms with Crippen LogP contribution in [0, 0.1) is 0 Å². The van der Waals surface area contributed by atoms with Crippen LogP contribution in [0.15, 0.2) is 47.2 Å². The quantitative estimate of drug-likeness (QED) is 0.474. The smallest absolute Gasteiger partial charge is 0.197 e. The van der Waals surface area contributed by atoms with Crippen LogP contribution in [0.5, 0.6) is 0 Å². The number of benzene rings is 1. The van der Waals surface area contributed by atoms with E-state index in [0.717, 1.165) is 64.1 Å². The lowest BCUT2D eigenvalue weighted by Gasteiger charge is -2.46. The second kappa shape index (κ2) is 11.2. The first-order valence-electron chi connectivity index (χ1n) is 13.7. The summed E-state index contributed by atoms with van der Waals surface area (Å²) in [7, 11) is 0. The first-order valence-corrected chi connectivity index (χ1v) is 13.7. The average molecular weight is 480 g/mol. The molecule has 35 heavy (non-hydrogen) atoms. The first-order chi connectivity index (χ1) is 16.9. The van der Waals surface area contributed by atoms with Gasteiger partial charge in [0.15, 0.2) is 5.96 Å². The van der Waals surface area contributed by atoms with E-state index in [0.29, 0.717) is 6.04 Å². The zero-order chi connectivity index (χ0) is 25.0. The molecule has 1 fully saturated rings. The van der Waals surface area contributed by atoms with Gasteiger partial charge in [-0.15, -0.1) is 0 Å². The second-order valence-corrected chi connectivity index (χ2v) is 10.6. The molecule has 6 nitrogen and oxygen atoms in total. The lowest BCUT2D eigenvalue weighted by atomic mass is 9.88. The van der Waals surface area contributed by atoms with Gasteiger partial charge in [-0.1, -0.05) is 51.5 Å². The molecule has 1 aromatic carbocycles. The van der Waals surface area contributed by atoms with Crippen LogP contribution < -0.4 is 10.6 Å². The van der Waals surface area contributed by atoms with Gasteiger partial charge < -0.3 is 20.6 Å². The Hall–Kier alpha value is -2.31. The molecule has 0 bridgehead atoms. The van der Waals surface area contributed by atoms with Crippen molar-refractivity contribution in [2.75, 3.05) is 13.1 Å². The third-order valence-corrected chi connectivity index (χ3v) is 8.00. The normalized spacial score (nSPS) is 28.3. The molecule has 3 aliphatic rings. The molecular formula is C29H45N5O. The second-order valence-electron chi connectivity index (χ2n) is 10.6. The molecule has 2 heterocycles. The van der Waals surface area contributed by atoms with E-state index in [1.54, 1.807) is 0 Å². The van der Waals surface area contributed by atoms with Gasteiger partial charge in [0.05, 0.1) is 12.1 Å². The predicted octanol–water partition coefficient (Wildman–Crippen LogP) is 4.83. The molecule has 0 saturated heterocycles. The summed E-state index contributed by atoms with van der Waals surface area (Å²) in [5.74, 6) is 0.849. The van der Waals surface area contributed by atoms with Crippen molar-refractivity contribution in [2.24, 2.45) is 4.99 Å². The maximum absolute atomic E-state index is 10.1. The minimum absolute atomic E-state index is 0.161. The van der Waals surface area contributed by atoms with Crippen molar-refractivity contribution >= 4 is 11.5 Å². The molecule has 192 valence electrons. The number of nitrogens with zero attached hydrogens (tertiary/aromatic N) is 3. The fourth-order valence-electron chi connectivity index (χ4n) is 5.80. The molecule has 0 radical (unpaired) electrons.